The van der Waals surface area contributed by atoms with Crippen LogP contribution in [0, 0.1) is 5.92 Å². The van der Waals surface area contributed by atoms with Crippen molar-refractivity contribution in [3.63, 3.8) is 0 Å². The molecule has 0 aromatic heterocycles. The first-order valence-electron chi connectivity index (χ1n) is 13.0. The summed E-state index contributed by atoms with van der Waals surface area (Å²) in [7, 11) is 0. The minimum Gasteiger partial charge on any atom is -0.485 e. The molecule has 0 amide bonds. The van der Waals surface area contributed by atoms with E-state index in [0.717, 1.165) is 42.5 Å². The molecule has 2 aliphatic rings. The van der Waals surface area contributed by atoms with Crippen molar-refractivity contribution < 1.29 is 14.2 Å². The van der Waals surface area contributed by atoms with Crippen LogP contribution < -0.4 is 10.1 Å². The van der Waals surface area contributed by atoms with Crippen molar-refractivity contribution in [2.24, 2.45) is 5.92 Å². The van der Waals surface area contributed by atoms with Crippen molar-refractivity contribution in [1.82, 2.24) is 0 Å². The zero-order valence-corrected chi connectivity index (χ0v) is 21.1. The number of hydrogen-bond donors (Lipinski definition) is 1. The van der Waals surface area contributed by atoms with Crippen LogP contribution in [0.2, 0.25) is 0 Å². The minimum absolute atomic E-state index is 0.161. The highest BCUT2D eigenvalue weighted by atomic mass is 16.6. The summed E-state index contributed by atoms with van der Waals surface area (Å²) >= 11 is 0. The summed E-state index contributed by atoms with van der Waals surface area (Å²) in [5, 5.41) is 3.56. The maximum Gasteiger partial charge on any atom is 0.132 e. The topological polar surface area (TPSA) is 39.7 Å². The quantitative estimate of drug-likeness (QED) is 0.371. The monoisotopic (exact) mass is 463 g/mol. The van der Waals surface area contributed by atoms with E-state index in [9.17, 15) is 0 Å². The molecule has 4 rings (SSSR count). The van der Waals surface area contributed by atoms with Crippen molar-refractivity contribution >= 4 is 5.69 Å². The summed E-state index contributed by atoms with van der Waals surface area (Å²) in [5.41, 5.74) is 2.92. The Hall–Kier alpha value is -2.30. The summed E-state index contributed by atoms with van der Waals surface area (Å²) < 4.78 is 19.5. The average molecular weight is 464 g/mol. The molecule has 1 fully saturated rings. The first-order chi connectivity index (χ1) is 16.6. The van der Waals surface area contributed by atoms with E-state index in [0.29, 0.717) is 6.61 Å². The second-order valence-corrected chi connectivity index (χ2v) is 10.2. The fourth-order valence-electron chi connectivity index (χ4n) is 5.20. The lowest BCUT2D eigenvalue weighted by Gasteiger charge is -2.44. The van der Waals surface area contributed by atoms with E-state index in [-0.39, 0.29) is 12.2 Å². The molecule has 0 spiro atoms. The SMILES string of the molecule is CC=CCOC1C(OCCC2CCCCC2)c2cc(NCc3ccccc3)ccc2OC1(C)C. The Balaban J connectivity index is 1.52. The highest BCUT2D eigenvalue weighted by Crippen LogP contribution is 2.44. The summed E-state index contributed by atoms with van der Waals surface area (Å²) in [5.74, 6) is 1.69. The molecule has 1 saturated carbocycles. The van der Waals surface area contributed by atoms with Gasteiger partial charge in [-0.1, -0.05) is 74.6 Å². The van der Waals surface area contributed by atoms with E-state index in [2.05, 4.69) is 61.6 Å². The molecule has 1 aliphatic carbocycles. The lowest BCUT2D eigenvalue weighted by molar-refractivity contribution is -0.158. The molecule has 0 saturated heterocycles. The number of ether oxygens (including phenoxy) is 3. The largest absolute Gasteiger partial charge is 0.485 e. The van der Waals surface area contributed by atoms with E-state index in [1.165, 1.54) is 37.7 Å². The van der Waals surface area contributed by atoms with Crippen molar-refractivity contribution in [2.45, 2.75) is 83.6 Å². The normalized spacial score (nSPS) is 22.3. The van der Waals surface area contributed by atoms with Gasteiger partial charge in [0.05, 0.1) is 6.61 Å². The molecular formula is C30H41NO3. The summed E-state index contributed by atoms with van der Waals surface area (Å²) in [6.45, 7) is 8.32. The van der Waals surface area contributed by atoms with Crippen LogP contribution in [0.1, 0.15) is 76.5 Å². The molecule has 2 unspecified atom stereocenters. The smallest absolute Gasteiger partial charge is 0.132 e. The highest BCUT2D eigenvalue weighted by molar-refractivity contribution is 5.53. The third-order valence-electron chi connectivity index (χ3n) is 7.14. The number of fused-ring (bicyclic) bond motifs is 1. The van der Waals surface area contributed by atoms with Crippen LogP contribution in [0.15, 0.2) is 60.7 Å². The van der Waals surface area contributed by atoms with Crippen molar-refractivity contribution in [3.8, 4) is 5.75 Å². The van der Waals surface area contributed by atoms with Crippen LogP contribution in [0.3, 0.4) is 0 Å². The number of rotatable bonds is 10. The lowest BCUT2D eigenvalue weighted by atomic mass is 9.86. The molecule has 1 heterocycles. The molecule has 34 heavy (non-hydrogen) atoms. The first kappa shape index (κ1) is 24.8. The summed E-state index contributed by atoms with van der Waals surface area (Å²) in [6, 6.07) is 16.8. The maximum atomic E-state index is 6.65. The van der Waals surface area contributed by atoms with Crippen molar-refractivity contribution in [1.29, 1.82) is 0 Å². The van der Waals surface area contributed by atoms with Crippen molar-refractivity contribution in [2.75, 3.05) is 18.5 Å². The standard InChI is InChI=1S/C30H41NO3/c1-4-5-19-33-29-28(32-20-18-23-12-8-6-9-13-23)26-21-25(16-17-27(26)34-30(29,2)3)31-22-24-14-10-7-11-15-24/h4-5,7,10-11,14-17,21,23,28-29,31H,6,8-9,12-13,18-20,22H2,1-3H3. The molecule has 184 valence electrons. The third kappa shape index (κ3) is 6.43. The number of anilines is 1. The van der Waals surface area contributed by atoms with Crippen LogP contribution in [0.25, 0.3) is 0 Å². The van der Waals surface area contributed by atoms with Crippen molar-refractivity contribution in [3.05, 3.63) is 71.8 Å². The van der Waals surface area contributed by atoms with Crippen LogP contribution in [-0.4, -0.2) is 24.9 Å². The lowest BCUT2D eigenvalue weighted by Crippen LogP contribution is -2.51. The molecule has 2 atom stereocenters. The fourth-order valence-corrected chi connectivity index (χ4v) is 5.20. The fraction of sp³-hybridized carbons (Fsp3) is 0.533. The predicted octanol–water partition coefficient (Wildman–Crippen LogP) is 7.46. The molecule has 2 aromatic rings. The molecule has 1 aliphatic heterocycles. The Bertz CT molecular complexity index is 918. The van der Waals surface area contributed by atoms with Crippen LogP contribution in [0.5, 0.6) is 5.75 Å². The number of allylic oxidation sites excluding steroid dienone is 1. The van der Waals surface area contributed by atoms with Crippen LogP contribution in [0.4, 0.5) is 5.69 Å². The molecule has 0 bridgehead atoms. The molecule has 4 nitrogen and oxygen atoms in total. The Kier molecular flexibility index (Phi) is 8.69. The average Bonchev–Trinajstić information content (AvgIpc) is 2.85. The van der Waals surface area contributed by atoms with E-state index in [1.54, 1.807) is 0 Å². The first-order valence-corrected chi connectivity index (χ1v) is 13.0. The van der Waals surface area contributed by atoms with E-state index in [4.69, 9.17) is 14.2 Å². The zero-order chi connectivity index (χ0) is 23.8. The van der Waals surface area contributed by atoms with Gasteiger partial charge in [-0.15, -0.1) is 0 Å². The molecule has 1 N–H and O–H groups in total. The minimum atomic E-state index is -0.483. The highest BCUT2D eigenvalue weighted by Gasteiger charge is 2.45. The van der Waals surface area contributed by atoms with E-state index in [1.807, 2.05) is 25.1 Å². The molecular weight excluding hydrogens is 422 g/mol. The van der Waals surface area contributed by atoms with Crippen LogP contribution in [-0.2, 0) is 16.0 Å². The third-order valence-corrected chi connectivity index (χ3v) is 7.14. The second kappa shape index (κ2) is 11.9. The van der Waals surface area contributed by atoms with Gasteiger partial charge in [-0.25, -0.2) is 0 Å². The molecule has 4 heteroatoms. The van der Waals surface area contributed by atoms with E-state index < -0.39 is 5.60 Å². The summed E-state index contributed by atoms with van der Waals surface area (Å²) in [6.07, 6.45) is 11.6. The number of nitrogens with one attached hydrogen (secondary N) is 1. The number of benzene rings is 2. The van der Waals surface area contributed by atoms with Gasteiger partial charge in [0.1, 0.15) is 23.6 Å². The Morgan fingerprint density at radius 2 is 1.82 bits per heavy atom. The second-order valence-electron chi connectivity index (χ2n) is 10.2. The Morgan fingerprint density at radius 3 is 2.59 bits per heavy atom. The van der Waals surface area contributed by atoms with Gasteiger partial charge < -0.3 is 19.5 Å². The van der Waals surface area contributed by atoms with Gasteiger partial charge in [0.25, 0.3) is 0 Å². The molecule has 0 radical (unpaired) electrons. The van der Waals surface area contributed by atoms with Gasteiger partial charge in [0, 0.05) is 24.4 Å². The Labute approximate surface area is 205 Å². The Morgan fingerprint density at radius 1 is 1.03 bits per heavy atom. The maximum absolute atomic E-state index is 6.65. The van der Waals surface area contributed by atoms with Gasteiger partial charge in [-0.3, -0.25) is 0 Å². The van der Waals surface area contributed by atoms with Gasteiger partial charge >= 0.3 is 0 Å². The van der Waals surface area contributed by atoms with Gasteiger partial charge in [-0.2, -0.15) is 0 Å². The summed E-state index contributed by atoms with van der Waals surface area (Å²) in [4.78, 5) is 0. The van der Waals surface area contributed by atoms with Gasteiger partial charge in [0.15, 0.2) is 0 Å². The number of hydrogen-bond acceptors (Lipinski definition) is 4. The molecule has 2 aromatic carbocycles. The van der Waals surface area contributed by atoms with E-state index >= 15 is 0 Å². The van der Waals surface area contributed by atoms with Gasteiger partial charge in [0.2, 0.25) is 0 Å². The predicted molar refractivity (Wildman–Crippen MR) is 139 cm³/mol. The van der Waals surface area contributed by atoms with Crippen LogP contribution >= 0.6 is 0 Å². The van der Waals surface area contributed by atoms with Gasteiger partial charge in [-0.05, 0) is 56.9 Å². The zero-order valence-electron chi connectivity index (χ0n) is 21.1.